The first kappa shape index (κ1) is 15.9. The molecule has 0 aliphatic rings. The Bertz CT molecular complexity index is 438. The Morgan fingerprint density at radius 1 is 1.30 bits per heavy atom. The van der Waals surface area contributed by atoms with Gasteiger partial charge in [0.1, 0.15) is 6.17 Å². The number of rotatable bonds is 6. The third-order valence-corrected chi connectivity index (χ3v) is 2.63. The van der Waals surface area contributed by atoms with E-state index >= 15 is 0 Å². The van der Waals surface area contributed by atoms with Crippen molar-refractivity contribution in [1.82, 2.24) is 5.32 Å². The van der Waals surface area contributed by atoms with E-state index in [1.807, 2.05) is 6.07 Å². The van der Waals surface area contributed by atoms with Crippen LogP contribution in [0.5, 0.6) is 0 Å². The van der Waals surface area contributed by atoms with Gasteiger partial charge in [-0.25, -0.2) is 14.0 Å². The lowest BCUT2D eigenvalue weighted by Gasteiger charge is -2.20. The molecule has 5 nitrogen and oxygen atoms in total. The van der Waals surface area contributed by atoms with Crippen LogP contribution in [0.1, 0.15) is 12.5 Å². The normalized spacial score (nSPS) is 13.2. The summed E-state index contributed by atoms with van der Waals surface area (Å²) in [4.78, 5) is 22.9. The van der Waals surface area contributed by atoms with Crippen molar-refractivity contribution in [3.05, 3.63) is 35.9 Å². The number of methoxy groups -OCH3 is 1. The van der Waals surface area contributed by atoms with Crippen molar-refractivity contribution in [2.24, 2.45) is 0 Å². The van der Waals surface area contributed by atoms with Crippen molar-refractivity contribution in [2.45, 2.75) is 25.6 Å². The molecule has 0 bridgehead atoms. The number of ether oxygens (including phenoxy) is 2. The van der Waals surface area contributed by atoms with Gasteiger partial charge in [-0.1, -0.05) is 30.3 Å². The summed E-state index contributed by atoms with van der Waals surface area (Å²) in [5.41, 5.74) is 0.723. The van der Waals surface area contributed by atoms with Crippen LogP contribution in [0, 0.1) is 0 Å². The van der Waals surface area contributed by atoms with Gasteiger partial charge < -0.3 is 14.8 Å². The largest absolute Gasteiger partial charge is 0.464 e. The quantitative estimate of drug-likeness (QED) is 0.809. The third-order valence-electron chi connectivity index (χ3n) is 2.63. The Hall–Kier alpha value is -2.11. The minimum Gasteiger partial charge on any atom is -0.464 e. The Morgan fingerprint density at radius 3 is 2.50 bits per heavy atom. The molecule has 1 N–H and O–H groups in total. The molecule has 1 amide bonds. The number of hydrogen-bond donors (Lipinski definition) is 1. The van der Waals surface area contributed by atoms with Gasteiger partial charge in [-0.2, -0.15) is 0 Å². The molecule has 6 heteroatoms. The van der Waals surface area contributed by atoms with E-state index in [0.717, 1.165) is 12.7 Å². The molecular formula is C14H18FNO4. The van der Waals surface area contributed by atoms with Crippen LogP contribution >= 0.6 is 0 Å². The highest BCUT2D eigenvalue weighted by Crippen LogP contribution is 2.11. The summed E-state index contributed by atoms with van der Waals surface area (Å²) in [6, 6.07) is 7.46. The van der Waals surface area contributed by atoms with Gasteiger partial charge in [0.15, 0.2) is 6.04 Å². The van der Waals surface area contributed by atoms with E-state index in [1.165, 1.54) is 0 Å². The number of carbonyl (C=O) groups is 2. The van der Waals surface area contributed by atoms with Crippen LogP contribution in [0.15, 0.2) is 30.3 Å². The van der Waals surface area contributed by atoms with Gasteiger partial charge in [0.2, 0.25) is 0 Å². The Balaban J connectivity index is 2.75. The van der Waals surface area contributed by atoms with E-state index in [1.54, 1.807) is 31.2 Å². The smallest absolute Gasteiger partial charge is 0.407 e. The number of alkyl halides is 1. The van der Waals surface area contributed by atoms with E-state index in [2.05, 4.69) is 10.1 Å². The van der Waals surface area contributed by atoms with Crippen molar-refractivity contribution in [3.63, 3.8) is 0 Å². The summed E-state index contributed by atoms with van der Waals surface area (Å²) in [6.45, 7) is 1.72. The highest BCUT2D eigenvalue weighted by atomic mass is 19.1. The summed E-state index contributed by atoms with van der Waals surface area (Å²) >= 11 is 0. The molecule has 0 saturated carbocycles. The van der Waals surface area contributed by atoms with Gasteiger partial charge in [-0.15, -0.1) is 0 Å². The molecule has 0 fully saturated rings. The minimum atomic E-state index is -1.60. The molecule has 0 saturated heterocycles. The van der Waals surface area contributed by atoms with E-state index in [-0.39, 0.29) is 13.0 Å². The number of carbonyl (C=O) groups excluding carboxylic acids is 2. The maximum absolute atomic E-state index is 14.3. The molecule has 1 aromatic carbocycles. The second-order valence-corrected chi connectivity index (χ2v) is 4.07. The fourth-order valence-electron chi connectivity index (χ4n) is 1.67. The average Bonchev–Trinajstić information content (AvgIpc) is 2.45. The van der Waals surface area contributed by atoms with E-state index in [4.69, 9.17) is 4.74 Å². The fraction of sp³-hybridized carbons (Fsp3) is 0.429. The first-order chi connectivity index (χ1) is 9.58. The van der Waals surface area contributed by atoms with Gasteiger partial charge in [-0.05, 0) is 12.5 Å². The maximum Gasteiger partial charge on any atom is 0.407 e. The minimum absolute atomic E-state index is 0.00564. The molecular weight excluding hydrogens is 265 g/mol. The molecule has 0 heterocycles. The molecule has 2 unspecified atom stereocenters. The van der Waals surface area contributed by atoms with E-state index in [0.29, 0.717) is 0 Å². The van der Waals surface area contributed by atoms with Crippen LogP contribution in [0.2, 0.25) is 0 Å². The first-order valence-electron chi connectivity index (χ1n) is 6.27. The number of halogens is 1. The molecule has 1 rings (SSSR count). The summed E-state index contributed by atoms with van der Waals surface area (Å²) < 4.78 is 23.4. The zero-order valence-corrected chi connectivity index (χ0v) is 11.5. The standard InChI is InChI=1S/C14H18FNO4/c1-3-20-13(17)12(16-14(18)19-2)11(15)9-10-7-5-4-6-8-10/h4-8,11-12H,3,9H2,1-2H3,(H,16,18). The summed E-state index contributed by atoms with van der Waals surface area (Å²) in [5, 5.41) is 2.16. The lowest BCUT2D eigenvalue weighted by Crippen LogP contribution is -2.48. The number of nitrogens with one attached hydrogen (secondary N) is 1. The molecule has 0 radical (unpaired) electrons. The van der Waals surface area contributed by atoms with Gasteiger partial charge in [-0.3, -0.25) is 0 Å². The summed E-state index contributed by atoms with van der Waals surface area (Å²) in [6.07, 6.45) is -2.48. The van der Waals surface area contributed by atoms with Crippen molar-refractivity contribution in [3.8, 4) is 0 Å². The number of esters is 1. The van der Waals surface area contributed by atoms with Crippen LogP contribution < -0.4 is 5.32 Å². The van der Waals surface area contributed by atoms with Crippen LogP contribution in [0.25, 0.3) is 0 Å². The lowest BCUT2D eigenvalue weighted by molar-refractivity contribution is -0.147. The highest BCUT2D eigenvalue weighted by molar-refractivity contribution is 5.82. The molecule has 1 aromatic rings. The monoisotopic (exact) mass is 283 g/mol. The molecule has 0 aliphatic carbocycles. The van der Waals surface area contributed by atoms with Gasteiger partial charge in [0, 0.05) is 6.42 Å². The molecule has 110 valence electrons. The second kappa shape index (κ2) is 8.14. The zero-order valence-electron chi connectivity index (χ0n) is 11.5. The van der Waals surface area contributed by atoms with Crippen LogP contribution in [0.4, 0.5) is 9.18 Å². The molecule has 0 spiro atoms. The predicted octanol–water partition coefficient (Wildman–Crippen LogP) is 1.85. The SMILES string of the molecule is CCOC(=O)C(NC(=O)OC)C(F)Cc1ccccc1. The molecule has 20 heavy (non-hydrogen) atoms. The van der Waals surface area contributed by atoms with Crippen molar-refractivity contribution in [2.75, 3.05) is 13.7 Å². The first-order valence-corrected chi connectivity index (χ1v) is 6.27. The topological polar surface area (TPSA) is 64.6 Å². The zero-order chi connectivity index (χ0) is 15.0. The maximum atomic E-state index is 14.3. The Morgan fingerprint density at radius 2 is 1.95 bits per heavy atom. The Labute approximate surface area is 117 Å². The van der Waals surface area contributed by atoms with Crippen LogP contribution in [-0.4, -0.2) is 38.0 Å². The van der Waals surface area contributed by atoms with E-state index in [9.17, 15) is 14.0 Å². The fourth-order valence-corrected chi connectivity index (χ4v) is 1.67. The number of benzene rings is 1. The van der Waals surface area contributed by atoms with Gasteiger partial charge in [0.05, 0.1) is 13.7 Å². The van der Waals surface area contributed by atoms with Crippen LogP contribution in [-0.2, 0) is 20.7 Å². The second-order valence-electron chi connectivity index (χ2n) is 4.07. The van der Waals surface area contributed by atoms with Crippen LogP contribution in [0.3, 0.4) is 0 Å². The van der Waals surface area contributed by atoms with Crippen molar-refractivity contribution in [1.29, 1.82) is 0 Å². The predicted molar refractivity (Wildman–Crippen MR) is 71.0 cm³/mol. The molecule has 2 atom stereocenters. The van der Waals surface area contributed by atoms with E-state index < -0.39 is 24.3 Å². The van der Waals surface area contributed by atoms with Crippen molar-refractivity contribution >= 4 is 12.1 Å². The lowest BCUT2D eigenvalue weighted by atomic mass is 10.0. The summed E-state index contributed by atoms with van der Waals surface area (Å²) in [5.74, 6) is -0.818. The molecule has 0 aliphatic heterocycles. The van der Waals surface area contributed by atoms with Gasteiger partial charge >= 0.3 is 12.1 Å². The average molecular weight is 283 g/mol. The van der Waals surface area contributed by atoms with Crippen molar-refractivity contribution < 1.29 is 23.5 Å². The number of amides is 1. The number of alkyl carbamates (subject to hydrolysis) is 1. The summed E-state index contributed by atoms with van der Waals surface area (Å²) in [7, 11) is 1.14. The third kappa shape index (κ3) is 4.87. The molecule has 0 aromatic heterocycles. The Kier molecular flexibility index (Phi) is 6.49. The van der Waals surface area contributed by atoms with Gasteiger partial charge in [0.25, 0.3) is 0 Å². The number of hydrogen-bond acceptors (Lipinski definition) is 4. The highest BCUT2D eigenvalue weighted by Gasteiger charge is 2.31.